The van der Waals surface area contributed by atoms with E-state index in [-0.39, 0.29) is 5.91 Å². The zero-order chi connectivity index (χ0) is 19.5. The van der Waals surface area contributed by atoms with E-state index in [1.807, 2.05) is 49.4 Å². The predicted molar refractivity (Wildman–Crippen MR) is 103 cm³/mol. The molecule has 0 aliphatic carbocycles. The fraction of sp³-hybridized carbons (Fsp3) is 0.300. The minimum absolute atomic E-state index is 0.300. The van der Waals surface area contributed by atoms with E-state index in [1.54, 1.807) is 12.1 Å². The SMILES string of the molecule is CCOc1ccc(OCCNC(=O)C(Cc2ccccc2)NC(N)=O)cc1. The molecule has 0 spiro atoms. The van der Waals surface area contributed by atoms with Crippen LogP contribution in [0.5, 0.6) is 11.5 Å². The number of primary amides is 1. The third-order valence-electron chi connectivity index (χ3n) is 3.72. The number of hydrogen-bond donors (Lipinski definition) is 3. The van der Waals surface area contributed by atoms with Gasteiger partial charge in [-0.1, -0.05) is 30.3 Å². The monoisotopic (exact) mass is 371 g/mol. The summed E-state index contributed by atoms with van der Waals surface area (Å²) in [4.78, 5) is 23.5. The van der Waals surface area contributed by atoms with Crippen LogP contribution in [0.1, 0.15) is 12.5 Å². The average Bonchev–Trinajstić information content (AvgIpc) is 2.66. The van der Waals surface area contributed by atoms with Crippen molar-refractivity contribution in [1.29, 1.82) is 0 Å². The number of nitrogens with one attached hydrogen (secondary N) is 2. The van der Waals surface area contributed by atoms with E-state index in [0.29, 0.717) is 31.9 Å². The number of benzene rings is 2. The number of ether oxygens (including phenoxy) is 2. The van der Waals surface area contributed by atoms with Crippen LogP contribution in [-0.2, 0) is 11.2 Å². The summed E-state index contributed by atoms with van der Waals surface area (Å²) in [7, 11) is 0. The van der Waals surface area contributed by atoms with E-state index in [0.717, 1.165) is 11.3 Å². The van der Waals surface area contributed by atoms with Crippen LogP contribution in [0.2, 0.25) is 0 Å². The Kier molecular flexibility index (Phi) is 7.96. The number of rotatable bonds is 10. The molecule has 7 nitrogen and oxygen atoms in total. The lowest BCUT2D eigenvalue weighted by atomic mass is 10.1. The zero-order valence-electron chi connectivity index (χ0n) is 15.3. The molecule has 2 aromatic rings. The van der Waals surface area contributed by atoms with Gasteiger partial charge in [0.15, 0.2) is 0 Å². The quantitative estimate of drug-likeness (QED) is 0.555. The highest BCUT2D eigenvalue weighted by atomic mass is 16.5. The molecule has 2 aromatic carbocycles. The van der Waals surface area contributed by atoms with E-state index in [1.165, 1.54) is 0 Å². The van der Waals surface area contributed by atoms with Gasteiger partial charge in [0, 0.05) is 6.42 Å². The number of nitrogens with two attached hydrogens (primary N) is 1. The van der Waals surface area contributed by atoms with E-state index in [2.05, 4.69) is 10.6 Å². The number of amides is 3. The number of carbonyl (C=O) groups is 2. The minimum atomic E-state index is -0.740. The smallest absolute Gasteiger partial charge is 0.312 e. The highest BCUT2D eigenvalue weighted by Gasteiger charge is 2.19. The van der Waals surface area contributed by atoms with Crippen molar-refractivity contribution in [3.05, 3.63) is 60.2 Å². The summed E-state index contributed by atoms with van der Waals surface area (Å²) in [5, 5.41) is 5.23. The van der Waals surface area contributed by atoms with E-state index >= 15 is 0 Å². The Hall–Kier alpha value is -3.22. The van der Waals surface area contributed by atoms with E-state index in [9.17, 15) is 9.59 Å². The fourth-order valence-corrected chi connectivity index (χ4v) is 2.50. The molecule has 0 heterocycles. The predicted octanol–water partition coefficient (Wildman–Crippen LogP) is 1.86. The van der Waals surface area contributed by atoms with Crippen LogP contribution in [0.4, 0.5) is 4.79 Å². The Balaban J connectivity index is 1.79. The van der Waals surface area contributed by atoms with Crippen molar-refractivity contribution in [1.82, 2.24) is 10.6 Å². The molecule has 0 aromatic heterocycles. The molecular formula is C20H25N3O4. The molecule has 0 bridgehead atoms. The van der Waals surface area contributed by atoms with Crippen molar-refractivity contribution in [3.8, 4) is 11.5 Å². The second-order valence-electron chi connectivity index (χ2n) is 5.79. The molecule has 0 saturated carbocycles. The normalized spacial score (nSPS) is 11.3. The van der Waals surface area contributed by atoms with Gasteiger partial charge < -0.3 is 25.8 Å². The van der Waals surface area contributed by atoms with Crippen LogP contribution in [0.3, 0.4) is 0 Å². The molecule has 4 N–H and O–H groups in total. The first-order chi connectivity index (χ1) is 13.1. The van der Waals surface area contributed by atoms with Gasteiger partial charge in [-0.15, -0.1) is 0 Å². The van der Waals surface area contributed by atoms with Crippen LogP contribution in [-0.4, -0.2) is 37.7 Å². The summed E-state index contributed by atoms with van der Waals surface area (Å²) in [6.07, 6.45) is 0.357. The van der Waals surface area contributed by atoms with Crippen LogP contribution >= 0.6 is 0 Å². The Morgan fingerprint density at radius 2 is 1.63 bits per heavy atom. The number of carbonyl (C=O) groups excluding carboxylic acids is 2. The molecule has 2 rings (SSSR count). The van der Waals surface area contributed by atoms with Crippen molar-refractivity contribution in [2.45, 2.75) is 19.4 Å². The zero-order valence-corrected chi connectivity index (χ0v) is 15.3. The molecule has 7 heteroatoms. The van der Waals surface area contributed by atoms with Crippen LogP contribution in [0, 0.1) is 0 Å². The number of hydrogen-bond acceptors (Lipinski definition) is 4. The summed E-state index contributed by atoms with van der Waals surface area (Å²) in [6.45, 7) is 3.13. The lowest BCUT2D eigenvalue weighted by Gasteiger charge is -2.17. The lowest BCUT2D eigenvalue weighted by molar-refractivity contribution is -0.123. The average molecular weight is 371 g/mol. The molecule has 0 aliphatic rings. The topological polar surface area (TPSA) is 103 Å². The summed E-state index contributed by atoms with van der Waals surface area (Å²) >= 11 is 0. The van der Waals surface area contributed by atoms with Gasteiger partial charge in [0.1, 0.15) is 24.1 Å². The first-order valence-corrected chi connectivity index (χ1v) is 8.81. The Morgan fingerprint density at radius 1 is 1.00 bits per heavy atom. The highest BCUT2D eigenvalue weighted by molar-refractivity contribution is 5.86. The molecule has 0 fully saturated rings. The Bertz CT molecular complexity index is 720. The molecule has 0 aliphatic heterocycles. The molecule has 1 unspecified atom stereocenters. The summed E-state index contributed by atoms with van der Waals surface area (Å²) in [5.41, 5.74) is 6.11. The summed E-state index contributed by atoms with van der Waals surface area (Å²) in [5.74, 6) is 1.15. The second kappa shape index (κ2) is 10.7. The Labute approximate surface area is 158 Å². The first-order valence-electron chi connectivity index (χ1n) is 8.81. The van der Waals surface area contributed by atoms with Gasteiger partial charge in [0.2, 0.25) is 5.91 Å². The van der Waals surface area contributed by atoms with Gasteiger partial charge in [0.05, 0.1) is 13.2 Å². The second-order valence-corrected chi connectivity index (χ2v) is 5.79. The number of urea groups is 1. The van der Waals surface area contributed by atoms with Crippen molar-refractivity contribution in [2.75, 3.05) is 19.8 Å². The van der Waals surface area contributed by atoms with Crippen LogP contribution < -0.4 is 25.8 Å². The van der Waals surface area contributed by atoms with Gasteiger partial charge in [0.25, 0.3) is 0 Å². The molecule has 144 valence electrons. The fourth-order valence-electron chi connectivity index (χ4n) is 2.50. The molecule has 3 amide bonds. The van der Waals surface area contributed by atoms with Crippen LogP contribution in [0.15, 0.2) is 54.6 Å². The standard InChI is InChI=1S/C20H25N3O4/c1-2-26-16-8-10-17(11-9-16)27-13-12-22-19(24)18(23-20(21)25)14-15-6-4-3-5-7-15/h3-11,18H,2,12-14H2,1H3,(H,22,24)(H3,21,23,25). The highest BCUT2D eigenvalue weighted by Crippen LogP contribution is 2.17. The maximum Gasteiger partial charge on any atom is 0.312 e. The third-order valence-corrected chi connectivity index (χ3v) is 3.72. The van der Waals surface area contributed by atoms with Gasteiger partial charge >= 0.3 is 6.03 Å². The molecule has 0 saturated heterocycles. The van der Waals surface area contributed by atoms with Gasteiger partial charge in [-0.3, -0.25) is 4.79 Å². The summed E-state index contributed by atoms with van der Waals surface area (Å²) in [6, 6.07) is 15.2. The van der Waals surface area contributed by atoms with Crippen molar-refractivity contribution in [3.63, 3.8) is 0 Å². The van der Waals surface area contributed by atoms with E-state index in [4.69, 9.17) is 15.2 Å². The maximum absolute atomic E-state index is 12.4. The van der Waals surface area contributed by atoms with Gasteiger partial charge in [-0.2, -0.15) is 0 Å². The molecule has 0 radical (unpaired) electrons. The molecule has 27 heavy (non-hydrogen) atoms. The first kappa shape index (κ1) is 20.1. The van der Waals surface area contributed by atoms with Crippen molar-refractivity contribution in [2.24, 2.45) is 5.73 Å². The molecule has 1 atom stereocenters. The van der Waals surface area contributed by atoms with Crippen molar-refractivity contribution < 1.29 is 19.1 Å². The third kappa shape index (κ3) is 7.27. The minimum Gasteiger partial charge on any atom is -0.494 e. The molecular weight excluding hydrogens is 346 g/mol. The Morgan fingerprint density at radius 3 is 2.22 bits per heavy atom. The van der Waals surface area contributed by atoms with Crippen molar-refractivity contribution >= 4 is 11.9 Å². The lowest BCUT2D eigenvalue weighted by Crippen LogP contribution is -2.50. The van der Waals surface area contributed by atoms with Crippen LogP contribution in [0.25, 0.3) is 0 Å². The maximum atomic E-state index is 12.4. The van der Waals surface area contributed by atoms with E-state index < -0.39 is 12.1 Å². The largest absolute Gasteiger partial charge is 0.494 e. The van der Waals surface area contributed by atoms with Gasteiger partial charge in [-0.25, -0.2) is 4.79 Å². The van der Waals surface area contributed by atoms with Gasteiger partial charge in [-0.05, 0) is 36.8 Å². The summed E-state index contributed by atoms with van der Waals surface area (Å²) < 4.78 is 11.0.